The van der Waals surface area contributed by atoms with E-state index in [0.717, 1.165) is 18.9 Å². The molecular formula is C13H21N3S. The number of thioether (sulfide) groups is 1. The van der Waals surface area contributed by atoms with Crippen LogP contribution < -0.4 is 10.2 Å². The number of hydrogen-bond donors (Lipinski definition) is 1. The smallest absolute Gasteiger partial charge is 0.131 e. The summed E-state index contributed by atoms with van der Waals surface area (Å²) in [4.78, 5) is 7.09. The highest BCUT2D eigenvalue weighted by Crippen LogP contribution is 2.25. The maximum absolute atomic E-state index is 4.65. The highest BCUT2D eigenvalue weighted by atomic mass is 32.2. The fourth-order valence-electron chi connectivity index (χ4n) is 2.27. The molecule has 1 fully saturated rings. The number of nitrogens with zero attached hydrogens (tertiary/aromatic N) is 2. The molecule has 1 aliphatic heterocycles. The van der Waals surface area contributed by atoms with Crippen LogP contribution in [0.3, 0.4) is 0 Å². The first-order chi connectivity index (χ1) is 8.22. The lowest BCUT2D eigenvalue weighted by Gasteiger charge is -2.35. The lowest BCUT2D eigenvalue weighted by molar-refractivity contribution is 0.686. The average Bonchev–Trinajstić information content (AvgIpc) is 2.31. The maximum atomic E-state index is 4.65. The molecule has 1 aromatic heterocycles. The highest BCUT2D eigenvalue weighted by Gasteiger charge is 2.21. The summed E-state index contributed by atoms with van der Waals surface area (Å²) in [5.74, 6) is 3.58. The average molecular weight is 251 g/mol. The summed E-state index contributed by atoms with van der Waals surface area (Å²) in [5, 5.41) is 3.16. The normalized spacial score (nSPS) is 20.6. The van der Waals surface area contributed by atoms with Crippen LogP contribution in [0.4, 0.5) is 5.82 Å². The van der Waals surface area contributed by atoms with Crippen molar-refractivity contribution in [3.63, 3.8) is 0 Å². The fraction of sp³-hybridized carbons (Fsp3) is 0.615. The van der Waals surface area contributed by atoms with Crippen LogP contribution in [0.2, 0.25) is 0 Å². The van der Waals surface area contributed by atoms with Crippen molar-refractivity contribution < 1.29 is 0 Å². The molecule has 17 heavy (non-hydrogen) atoms. The number of pyridine rings is 1. The lowest BCUT2D eigenvalue weighted by Crippen LogP contribution is -2.41. The van der Waals surface area contributed by atoms with Gasteiger partial charge in [-0.3, -0.25) is 0 Å². The van der Waals surface area contributed by atoms with Crippen LogP contribution in [0.5, 0.6) is 0 Å². The zero-order valence-electron chi connectivity index (χ0n) is 10.9. The van der Waals surface area contributed by atoms with Gasteiger partial charge in [-0.05, 0) is 38.1 Å². The first-order valence-electron chi connectivity index (χ1n) is 6.17. The molecule has 0 bridgehead atoms. The van der Waals surface area contributed by atoms with Gasteiger partial charge < -0.3 is 10.2 Å². The van der Waals surface area contributed by atoms with Crippen LogP contribution >= 0.6 is 11.8 Å². The van der Waals surface area contributed by atoms with E-state index in [1.807, 2.05) is 25.0 Å². The molecule has 94 valence electrons. The van der Waals surface area contributed by atoms with Crippen LogP contribution in [0, 0.1) is 6.92 Å². The fourth-order valence-corrected chi connectivity index (χ4v) is 3.28. The quantitative estimate of drug-likeness (QED) is 0.890. The Hall–Kier alpha value is -0.740. The van der Waals surface area contributed by atoms with Crippen molar-refractivity contribution in [1.29, 1.82) is 0 Å². The molecule has 1 atom stereocenters. The number of hydrogen-bond acceptors (Lipinski definition) is 4. The highest BCUT2D eigenvalue weighted by molar-refractivity contribution is 7.99. The Bertz CT molecular complexity index is 381. The Morgan fingerprint density at radius 3 is 3.06 bits per heavy atom. The molecule has 1 aliphatic rings. The summed E-state index contributed by atoms with van der Waals surface area (Å²) in [6.45, 7) is 6.45. The predicted octanol–water partition coefficient (Wildman–Crippen LogP) is 2.05. The van der Waals surface area contributed by atoms with Gasteiger partial charge in [0, 0.05) is 36.8 Å². The summed E-state index contributed by atoms with van der Waals surface area (Å²) in [7, 11) is 1.97. The van der Waals surface area contributed by atoms with Crippen molar-refractivity contribution in [3.05, 3.63) is 23.4 Å². The standard InChI is InChI=1S/C13H21N3S/c1-10-6-12(7-14-3)8-15-13(10)16-4-5-17-9-11(16)2/h6,8,11,14H,4-5,7,9H2,1-3H3. The predicted molar refractivity (Wildman–Crippen MR) is 75.9 cm³/mol. The molecule has 0 radical (unpaired) electrons. The van der Waals surface area contributed by atoms with Crippen molar-refractivity contribution in [3.8, 4) is 0 Å². The van der Waals surface area contributed by atoms with Gasteiger partial charge in [0.1, 0.15) is 5.82 Å². The number of nitrogens with one attached hydrogen (secondary N) is 1. The Balaban J connectivity index is 2.20. The molecule has 1 aromatic rings. The monoisotopic (exact) mass is 251 g/mol. The Kier molecular flexibility index (Phi) is 4.29. The first kappa shape index (κ1) is 12.7. The van der Waals surface area contributed by atoms with Crippen molar-refractivity contribution in [1.82, 2.24) is 10.3 Å². The summed E-state index contributed by atoms with van der Waals surface area (Å²) >= 11 is 2.04. The number of rotatable bonds is 3. The second kappa shape index (κ2) is 5.74. The van der Waals surface area contributed by atoms with E-state index < -0.39 is 0 Å². The van der Waals surface area contributed by atoms with Crippen LogP contribution in [-0.4, -0.2) is 36.1 Å². The molecule has 2 rings (SSSR count). The molecule has 0 aliphatic carbocycles. The van der Waals surface area contributed by atoms with E-state index in [4.69, 9.17) is 0 Å². The lowest BCUT2D eigenvalue weighted by atomic mass is 10.1. The zero-order chi connectivity index (χ0) is 12.3. The molecule has 3 nitrogen and oxygen atoms in total. The van der Waals surface area contributed by atoms with E-state index in [1.165, 1.54) is 22.6 Å². The largest absolute Gasteiger partial charge is 0.352 e. The topological polar surface area (TPSA) is 28.2 Å². The molecule has 0 aromatic carbocycles. The van der Waals surface area contributed by atoms with E-state index in [0.29, 0.717) is 6.04 Å². The molecule has 1 unspecified atom stereocenters. The molecule has 2 heterocycles. The molecule has 1 N–H and O–H groups in total. The molecule has 0 saturated carbocycles. The Morgan fingerprint density at radius 2 is 2.41 bits per heavy atom. The number of aromatic nitrogens is 1. The minimum Gasteiger partial charge on any atom is -0.352 e. The number of anilines is 1. The second-order valence-corrected chi connectivity index (χ2v) is 5.78. The van der Waals surface area contributed by atoms with Gasteiger partial charge in [-0.15, -0.1) is 0 Å². The van der Waals surface area contributed by atoms with Crippen molar-refractivity contribution in [2.45, 2.75) is 26.4 Å². The third-order valence-electron chi connectivity index (χ3n) is 3.13. The maximum Gasteiger partial charge on any atom is 0.131 e. The summed E-state index contributed by atoms with van der Waals surface area (Å²) < 4.78 is 0. The van der Waals surface area contributed by atoms with Gasteiger partial charge in [0.25, 0.3) is 0 Å². The van der Waals surface area contributed by atoms with Gasteiger partial charge >= 0.3 is 0 Å². The van der Waals surface area contributed by atoms with Crippen LogP contribution in [0.1, 0.15) is 18.1 Å². The molecule has 0 amide bonds. The summed E-state index contributed by atoms with van der Waals surface area (Å²) in [6, 6.07) is 2.84. The van der Waals surface area contributed by atoms with Crippen LogP contribution in [0.25, 0.3) is 0 Å². The van der Waals surface area contributed by atoms with Gasteiger partial charge in [0.05, 0.1) is 0 Å². The molecule has 4 heteroatoms. The van der Waals surface area contributed by atoms with Gasteiger partial charge in [-0.25, -0.2) is 4.98 Å². The van der Waals surface area contributed by atoms with Gasteiger partial charge in [-0.1, -0.05) is 0 Å². The third kappa shape index (κ3) is 2.93. The second-order valence-electron chi connectivity index (χ2n) is 4.63. The summed E-state index contributed by atoms with van der Waals surface area (Å²) in [6.07, 6.45) is 1.99. The minimum absolute atomic E-state index is 0.593. The van der Waals surface area contributed by atoms with E-state index in [9.17, 15) is 0 Å². The molecule has 0 spiro atoms. The van der Waals surface area contributed by atoms with E-state index in [1.54, 1.807) is 0 Å². The van der Waals surface area contributed by atoms with Crippen LogP contribution in [0.15, 0.2) is 12.3 Å². The van der Waals surface area contributed by atoms with E-state index in [2.05, 4.69) is 35.1 Å². The van der Waals surface area contributed by atoms with Gasteiger partial charge in [0.15, 0.2) is 0 Å². The summed E-state index contributed by atoms with van der Waals surface area (Å²) in [5.41, 5.74) is 2.55. The van der Waals surface area contributed by atoms with Gasteiger partial charge in [-0.2, -0.15) is 11.8 Å². The van der Waals surface area contributed by atoms with Crippen molar-refractivity contribution in [2.75, 3.05) is 30.0 Å². The van der Waals surface area contributed by atoms with Crippen molar-refractivity contribution in [2.24, 2.45) is 0 Å². The Labute approximate surface area is 108 Å². The zero-order valence-corrected chi connectivity index (χ0v) is 11.7. The van der Waals surface area contributed by atoms with Crippen LogP contribution in [-0.2, 0) is 6.54 Å². The first-order valence-corrected chi connectivity index (χ1v) is 7.32. The van der Waals surface area contributed by atoms with E-state index in [-0.39, 0.29) is 0 Å². The minimum atomic E-state index is 0.593. The molecular weight excluding hydrogens is 230 g/mol. The third-order valence-corrected chi connectivity index (χ3v) is 4.32. The Morgan fingerprint density at radius 1 is 1.59 bits per heavy atom. The van der Waals surface area contributed by atoms with Gasteiger partial charge in [0.2, 0.25) is 0 Å². The SMILES string of the molecule is CNCc1cnc(N2CCSCC2C)c(C)c1. The van der Waals surface area contributed by atoms with Crippen molar-refractivity contribution >= 4 is 17.6 Å². The number of aryl methyl sites for hydroxylation is 1. The molecule has 1 saturated heterocycles. The van der Waals surface area contributed by atoms with E-state index >= 15 is 0 Å².